The van der Waals surface area contributed by atoms with Crippen LogP contribution in [0, 0.1) is 16.0 Å². The summed E-state index contributed by atoms with van der Waals surface area (Å²) in [5.74, 6) is -2.59. The number of thioether (sulfide) groups is 1. The first-order valence-electron chi connectivity index (χ1n) is 11.7. The molecule has 2 aromatic carbocycles. The Morgan fingerprint density at radius 2 is 1.72 bits per heavy atom. The highest BCUT2D eigenvalue weighted by atomic mass is 32.2. The van der Waals surface area contributed by atoms with Crippen LogP contribution in [0.1, 0.15) is 15.7 Å². The zero-order valence-electron chi connectivity index (χ0n) is 19.9. The number of non-ortho nitro benzene ring substituents is 1. The molecule has 196 valence electrons. The molecule has 1 saturated heterocycles. The predicted octanol–water partition coefficient (Wildman–Crippen LogP) is 4.31. The number of carbonyl (C=O) groups is 3. The molecular formula is C26H18N4O6S3. The van der Waals surface area contributed by atoms with Crippen LogP contribution in [0.3, 0.4) is 0 Å². The third-order valence-electron chi connectivity index (χ3n) is 6.58. The van der Waals surface area contributed by atoms with E-state index in [1.165, 1.54) is 40.2 Å². The summed E-state index contributed by atoms with van der Waals surface area (Å²) in [7, 11) is 0. The van der Waals surface area contributed by atoms with Crippen molar-refractivity contribution in [2.45, 2.75) is 22.7 Å². The molecule has 2 aromatic heterocycles. The highest BCUT2D eigenvalue weighted by molar-refractivity contribution is 8.00. The number of nitro groups is 1. The normalized spacial score (nSPS) is 20.0. The van der Waals surface area contributed by atoms with E-state index < -0.39 is 33.8 Å². The Labute approximate surface area is 233 Å². The van der Waals surface area contributed by atoms with Gasteiger partial charge < -0.3 is 5.32 Å². The maximum atomic E-state index is 13.8. The van der Waals surface area contributed by atoms with Gasteiger partial charge in [-0.3, -0.25) is 33.9 Å². The minimum Gasteiger partial charge on any atom is -0.325 e. The number of amides is 3. The largest absolute Gasteiger partial charge is 0.325 e. The Bertz CT molecular complexity index is 1660. The summed E-state index contributed by atoms with van der Waals surface area (Å²) in [4.78, 5) is 66.1. The maximum absolute atomic E-state index is 13.8. The Balaban J connectivity index is 1.38. The predicted molar refractivity (Wildman–Crippen MR) is 149 cm³/mol. The third-order valence-corrected chi connectivity index (χ3v) is 10.1. The van der Waals surface area contributed by atoms with Crippen molar-refractivity contribution in [2.24, 2.45) is 5.92 Å². The smallest absolute Gasteiger partial charge is 0.308 e. The number of nitro benzene ring substituents is 1. The van der Waals surface area contributed by atoms with E-state index in [1.54, 1.807) is 24.3 Å². The number of nitrogens with one attached hydrogen (secondary N) is 1. The number of hydrogen-bond donors (Lipinski definition) is 1. The maximum Gasteiger partial charge on any atom is 0.308 e. The Hall–Kier alpha value is -4.07. The van der Waals surface area contributed by atoms with E-state index in [-0.39, 0.29) is 28.7 Å². The second-order valence-corrected chi connectivity index (χ2v) is 12.0. The van der Waals surface area contributed by atoms with Gasteiger partial charge in [0.15, 0.2) is 0 Å². The number of rotatable bonds is 6. The minimum atomic E-state index is -0.829. The molecule has 2 aliphatic rings. The van der Waals surface area contributed by atoms with Gasteiger partial charge in [-0.05, 0) is 35.7 Å². The van der Waals surface area contributed by atoms with Crippen LogP contribution in [0.4, 0.5) is 17.1 Å². The summed E-state index contributed by atoms with van der Waals surface area (Å²) in [5, 5.41) is 15.4. The van der Waals surface area contributed by atoms with Crippen molar-refractivity contribution in [3.8, 4) is 0 Å². The monoisotopic (exact) mass is 578 g/mol. The fraction of sp³-hybridized carbons (Fsp3) is 0.154. The molecule has 4 heterocycles. The summed E-state index contributed by atoms with van der Waals surface area (Å²) < 4.78 is 1.37. The SMILES string of the molecule is O=C(Cn1c2c(sc1=O)[C@@H](c1cccs1)[C@@H]1C(=O)N(c3ccc([N+](=O)[O-])cc3)C(=O)[C@@H]1S2)Nc1ccccc1. The van der Waals surface area contributed by atoms with Gasteiger partial charge in [0, 0.05) is 33.5 Å². The van der Waals surface area contributed by atoms with Crippen LogP contribution in [0.25, 0.3) is 0 Å². The highest BCUT2D eigenvalue weighted by Crippen LogP contribution is 2.54. The molecule has 4 aromatic rings. The van der Waals surface area contributed by atoms with Crippen LogP contribution in [-0.4, -0.2) is 32.5 Å². The quantitative estimate of drug-likeness (QED) is 0.205. The molecule has 0 aliphatic carbocycles. The number of imide groups is 1. The molecule has 3 atom stereocenters. The lowest BCUT2D eigenvalue weighted by Gasteiger charge is -2.29. The molecule has 10 nitrogen and oxygen atoms in total. The number of fused-ring (bicyclic) bond motifs is 2. The molecule has 2 aliphatic heterocycles. The first-order valence-corrected chi connectivity index (χ1v) is 14.3. The number of benzene rings is 2. The van der Waals surface area contributed by atoms with Crippen LogP contribution in [0.2, 0.25) is 0 Å². The van der Waals surface area contributed by atoms with Gasteiger partial charge in [0.05, 0.1) is 21.6 Å². The van der Waals surface area contributed by atoms with E-state index in [1.807, 2.05) is 23.6 Å². The molecule has 0 bridgehead atoms. The van der Waals surface area contributed by atoms with Crippen molar-refractivity contribution < 1.29 is 19.3 Å². The average Bonchev–Trinajstić information content (AvgIpc) is 3.62. The van der Waals surface area contributed by atoms with E-state index in [0.717, 1.165) is 32.9 Å². The fourth-order valence-electron chi connectivity index (χ4n) is 4.87. The molecule has 0 radical (unpaired) electrons. The number of thiophene rings is 1. The molecule has 0 unspecified atom stereocenters. The van der Waals surface area contributed by atoms with Crippen LogP contribution in [-0.2, 0) is 20.9 Å². The lowest BCUT2D eigenvalue weighted by Crippen LogP contribution is -2.32. The number of hydrogen-bond acceptors (Lipinski definition) is 9. The first kappa shape index (κ1) is 25.2. The van der Waals surface area contributed by atoms with Gasteiger partial charge in [-0.1, -0.05) is 47.4 Å². The van der Waals surface area contributed by atoms with Gasteiger partial charge in [0.2, 0.25) is 17.7 Å². The third kappa shape index (κ3) is 4.37. The molecule has 0 saturated carbocycles. The lowest BCUT2D eigenvalue weighted by molar-refractivity contribution is -0.384. The molecule has 0 spiro atoms. The summed E-state index contributed by atoms with van der Waals surface area (Å²) in [6, 6.07) is 17.9. The number of aromatic nitrogens is 1. The van der Waals surface area contributed by atoms with Crippen molar-refractivity contribution in [1.29, 1.82) is 0 Å². The number of carbonyl (C=O) groups excluding carboxylic acids is 3. The second-order valence-electron chi connectivity index (χ2n) is 8.88. The van der Waals surface area contributed by atoms with E-state index in [2.05, 4.69) is 5.32 Å². The number of para-hydroxylation sites is 1. The number of anilines is 2. The molecule has 3 amide bonds. The molecule has 13 heteroatoms. The molecule has 6 rings (SSSR count). The number of thiazole rings is 1. The second kappa shape index (κ2) is 9.91. The van der Waals surface area contributed by atoms with Gasteiger partial charge >= 0.3 is 4.87 Å². The molecule has 1 fully saturated rings. The van der Waals surface area contributed by atoms with E-state index in [4.69, 9.17) is 0 Å². The molecule has 39 heavy (non-hydrogen) atoms. The van der Waals surface area contributed by atoms with E-state index in [9.17, 15) is 29.3 Å². The first-order chi connectivity index (χ1) is 18.8. The van der Waals surface area contributed by atoms with Crippen LogP contribution in [0.5, 0.6) is 0 Å². The Morgan fingerprint density at radius 3 is 2.38 bits per heavy atom. The van der Waals surface area contributed by atoms with Crippen LogP contribution >= 0.6 is 34.4 Å². The topological polar surface area (TPSA) is 132 Å². The van der Waals surface area contributed by atoms with Gasteiger partial charge in [-0.15, -0.1) is 11.3 Å². The lowest BCUT2D eigenvalue weighted by atomic mass is 9.87. The standard InChI is InChI=1S/C26H18N4O6S3/c31-18(27-14-5-2-1-3-6-14)13-28-25-22(39-26(28)34)19(17-7-4-12-37-17)20-21(38-25)24(33)29(23(20)32)15-8-10-16(11-9-15)30(35)36/h1-12,19-21H,13H2,(H,27,31)/t19-,20-,21+/m0/s1. The van der Waals surface area contributed by atoms with Crippen LogP contribution < -0.4 is 15.1 Å². The Morgan fingerprint density at radius 1 is 0.974 bits per heavy atom. The van der Waals surface area contributed by atoms with Crippen molar-refractivity contribution in [1.82, 2.24) is 4.57 Å². The van der Waals surface area contributed by atoms with Gasteiger partial charge in [0.1, 0.15) is 11.8 Å². The fourth-order valence-corrected chi connectivity index (χ4v) is 8.59. The van der Waals surface area contributed by atoms with Crippen molar-refractivity contribution in [3.05, 3.63) is 102 Å². The van der Waals surface area contributed by atoms with E-state index in [0.29, 0.717) is 15.6 Å². The zero-order chi connectivity index (χ0) is 27.3. The molecular weight excluding hydrogens is 561 g/mol. The van der Waals surface area contributed by atoms with Crippen molar-refractivity contribution >= 4 is 69.2 Å². The summed E-state index contributed by atoms with van der Waals surface area (Å²) in [5.41, 5.74) is 0.693. The van der Waals surface area contributed by atoms with Crippen molar-refractivity contribution in [2.75, 3.05) is 10.2 Å². The zero-order valence-corrected chi connectivity index (χ0v) is 22.3. The molecule has 1 N–H and O–H groups in total. The van der Waals surface area contributed by atoms with E-state index >= 15 is 0 Å². The minimum absolute atomic E-state index is 0.152. The Kier molecular flexibility index (Phi) is 6.41. The summed E-state index contributed by atoms with van der Waals surface area (Å²) in [6.07, 6.45) is 0. The number of nitrogens with zero attached hydrogens (tertiary/aromatic N) is 3. The van der Waals surface area contributed by atoms with Gasteiger partial charge in [-0.25, -0.2) is 4.90 Å². The van der Waals surface area contributed by atoms with Gasteiger partial charge in [-0.2, -0.15) is 0 Å². The van der Waals surface area contributed by atoms with Crippen molar-refractivity contribution in [3.63, 3.8) is 0 Å². The highest BCUT2D eigenvalue weighted by Gasteiger charge is 2.57. The summed E-state index contributed by atoms with van der Waals surface area (Å²) in [6.45, 7) is -0.241. The van der Waals surface area contributed by atoms with Gasteiger partial charge in [0.25, 0.3) is 5.69 Å². The van der Waals surface area contributed by atoms with Crippen LogP contribution in [0.15, 0.2) is 81.9 Å². The summed E-state index contributed by atoms with van der Waals surface area (Å²) >= 11 is 3.53. The average molecular weight is 579 g/mol.